The third-order valence-electron chi connectivity index (χ3n) is 6.15. The molecule has 3 fully saturated rings. The molecule has 1 amide bonds. The van der Waals surface area contributed by atoms with Crippen molar-refractivity contribution < 1.29 is 9.53 Å². The molecule has 1 aromatic rings. The highest BCUT2D eigenvalue weighted by molar-refractivity contribution is 5.89. The van der Waals surface area contributed by atoms with Gasteiger partial charge < -0.3 is 20.3 Å². The highest BCUT2D eigenvalue weighted by Crippen LogP contribution is 2.35. The van der Waals surface area contributed by atoms with Gasteiger partial charge in [-0.15, -0.1) is 0 Å². The number of nitrogens with zero attached hydrogens (tertiary/aromatic N) is 3. The van der Waals surface area contributed by atoms with Crippen molar-refractivity contribution in [3.63, 3.8) is 0 Å². The SMILES string of the molecule is COc1ccccc1N1CCN(C2CCCN(C(=O)C3(N)CC3)C2)CC1. The molecular weight excluding hydrogens is 328 g/mol. The van der Waals surface area contributed by atoms with Gasteiger partial charge in [-0.3, -0.25) is 9.69 Å². The fraction of sp³-hybridized carbons (Fsp3) is 0.650. The number of amides is 1. The standard InChI is InChI=1S/C20H30N4O2/c1-26-18-7-3-2-6-17(18)23-13-11-22(12-14-23)16-5-4-10-24(15-16)19(25)20(21)8-9-20/h2-3,6-7,16H,4-5,8-15,21H2,1H3. The first-order valence-corrected chi connectivity index (χ1v) is 9.81. The monoisotopic (exact) mass is 358 g/mol. The van der Waals surface area contributed by atoms with Crippen LogP contribution in [0.3, 0.4) is 0 Å². The number of hydrogen-bond acceptors (Lipinski definition) is 5. The molecule has 6 heteroatoms. The topological polar surface area (TPSA) is 62.0 Å². The van der Waals surface area contributed by atoms with E-state index >= 15 is 0 Å². The summed E-state index contributed by atoms with van der Waals surface area (Å²) in [7, 11) is 1.73. The number of nitrogens with two attached hydrogens (primary N) is 1. The van der Waals surface area contributed by atoms with Crippen molar-refractivity contribution >= 4 is 11.6 Å². The average molecular weight is 358 g/mol. The number of carbonyl (C=O) groups is 1. The molecule has 2 aliphatic heterocycles. The summed E-state index contributed by atoms with van der Waals surface area (Å²) in [5.41, 5.74) is 6.77. The van der Waals surface area contributed by atoms with Crippen molar-refractivity contribution in [3.8, 4) is 5.75 Å². The Bertz CT molecular complexity index is 653. The maximum Gasteiger partial charge on any atom is 0.242 e. The lowest BCUT2D eigenvalue weighted by molar-refractivity contribution is -0.135. The Morgan fingerprint density at radius 2 is 1.88 bits per heavy atom. The van der Waals surface area contributed by atoms with E-state index in [2.05, 4.69) is 21.9 Å². The Kier molecular flexibility index (Phi) is 4.80. The van der Waals surface area contributed by atoms with Gasteiger partial charge in [0.1, 0.15) is 5.75 Å². The first kappa shape index (κ1) is 17.6. The van der Waals surface area contributed by atoms with Crippen molar-refractivity contribution in [1.29, 1.82) is 0 Å². The van der Waals surface area contributed by atoms with E-state index in [4.69, 9.17) is 10.5 Å². The number of ether oxygens (including phenoxy) is 1. The van der Waals surface area contributed by atoms with E-state index in [-0.39, 0.29) is 5.91 Å². The van der Waals surface area contributed by atoms with Crippen LogP contribution in [0.2, 0.25) is 0 Å². The first-order chi connectivity index (χ1) is 12.6. The van der Waals surface area contributed by atoms with Crippen LogP contribution in [-0.2, 0) is 4.79 Å². The van der Waals surface area contributed by atoms with Crippen LogP contribution in [0, 0.1) is 0 Å². The second kappa shape index (κ2) is 7.08. The molecule has 142 valence electrons. The predicted molar refractivity (Wildman–Crippen MR) is 103 cm³/mol. The van der Waals surface area contributed by atoms with Crippen LogP contribution in [0.1, 0.15) is 25.7 Å². The molecule has 2 saturated heterocycles. The quantitative estimate of drug-likeness (QED) is 0.879. The number of rotatable bonds is 4. The van der Waals surface area contributed by atoms with E-state index in [0.717, 1.165) is 64.3 Å². The zero-order valence-corrected chi connectivity index (χ0v) is 15.7. The molecule has 0 aromatic heterocycles. The minimum atomic E-state index is -0.537. The lowest BCUT2D eigenvalue weighted by Gasteiger charge is -2.44. The molecule has 1 aromatic carbocycles. The normalized spacial score (nSPS) is 25.8. The summed E-state index contributed by atoms with van der Waals surface area (Å²) in [5.74, 6) is 1.11. The van der Waals surface area contributed by atoms with Gasteiger partial charge in [0.25, 0.3) is 0 Å². The molecule has 0 bridgehead atoms. The number of piperazine rings is 1. The highest BCUT2D eigenvalue weighted by Gasteiger charge is 2.49. The van der Waals surface area contributed by atoms with Gasteiger partial charge in [-0.25, -0.2) is 0 Å². The zero-order valence-electron chi connectivity index (χ0n) is 15.7. The summed E-state index contributed by atoms with van der Waals surface area (Å²) < 4.78 is 5.51. The van der Waals surface area contributed by atoms with Crippen molar-refractivity contribution in [2.45, 2.75) is 37.3 Å². The van der Waals surface area contributed by atoms with Gasteiger partial charge in [-0.2, -0.15) is 0 Å². The molecular formula is C20H30N4O2. The molecule has 4 rings (SSSR count). The van der Waals surface area contributed by atoms with E-state index in [0.29, 0.717) is 6.04 Å². The molecule has 6 nitrogen and oxygen atoms in total. The summed E-state index contributed by atoms with van der Waals surface area (Å²) in [6, 6.07) is 8.69. The van der Waals surface area contributed by atoms with Crippen LogP contribution in [0.15, 0.2) is 24.3 Å². The van der Waals surface area contributed by atoms with Gasteiger partial charge in [-0.05, 0) is 37.8 Å². The van der Waals surface area contributed by atoms with Gasteiger partial charge in [0.2, 0.25) is 5.91 Å². The Labute approximate surface area is 155 Å². The highest BCUT2D eigenvalue weighted by atomic mass is 16.5. The molecule has 3 aliphatic rings. The second-order valence-electron chi connectivity index (χ2n) is 7.90. The number of anilines is 1. The lowest BCUT2D eigenvalue weighted by atomic mass is 10.0. The summed E-state index contributed by atoms with van der Waals surface area (Å²) >= 11 is 0. The number of carbonyl (C=O) groups excluding carboxylic acids is 1. The third kappa shape index (κ3) is 3.40. The molecule has 2 N–H and O–H groups in total. The summed E-state index contributed by atoms with van der Waals surface area (Å²) in [5, 5.41) is 0. The minimum absolute atomic E-state index is 0.176. The molecule has 1 saturated carbocycles. The fourth-order valence-corrected chi connectivity index (χ4v) is 4.32. The van der Waals surface area contributed by atoms with Gasteiger partial charge in [0, 0.05) is 45.3 Å². The lowest BCUT2D eigenvalue weighted by Crippen LogP contribution is -2.58. The van der Waals surface area contributed by atoms with Crippen molar-refractivity contribution in [2.75, 3.05) is 51.3 Å². The molecule has 26 heavy (non-hydrogen) atoms. The Balaban J connectivity index is 1.35. The van der Waals surface area contributed by atoms with Crippen molar-refractivity contribution in [3.05, 3.63) is 24.3 Å². The number of benzene rings is 1. The number of methoxy groups -OCH3 is 1. The van der Waals surface area contributed by atoms with Crippen molar-refractivity contribution in [1.82, 2.24) is 9.80 Å². The molecule has 0 spiro atoms. The largest absolute Gasteiger partial charge is 0.495 e. The van der Waals surface area contributed by atoms with Crippen LogP contribution in [0.4, 0.5) is 5.69 Å². The maximum atomic E-state index is 12.6. The minimum Gasteiger partial charge on any atom is -0.495 e. The molecule has 1 unspecified atom stereocenters. The van der Waals surface area contributed by atoms with E-state index in [9.17, 15) is 4.79 Å². The van der Waals surface area contributed by atoms with E-state index in [1.54, 1.807) is 7.11 Å². The molecule has 1 aliphatic carbocycles. The number of para-hydroxylation sites is 2. The van der Waals surface area contributed by atoms with E-state index in [1.807, 2.05) is 17.0 Å². The van der Waals surface area contributed by atoms with Gasteiger partial charge >= 0.3 is 0 Å². The number of hydrogen-bond donors (Lipinski definition) is 1. The van der Waals surface area contributed by atoms with Crippen LogP contribution < -0.4 is 15.4 Å². The molecule has 0 radical (unpaired) electrons. The summed E-state index contributed by atoms with van der Waals surface area (Å²) in [4.78, 5) is 19.6. The number of piperidine rings is 1. The van der Waals surface area contributed by atoms with Crippen LogP contribution in [-0.4, -0.2) is 73.7 Å². The van der Waals surface area contributed by atoms with Gasteiger partial charge in [-0.1, -0.05) is 12.1 Å². The zero-order chi connectivity index (χ0) is 18.1. The van der Waals surface area contributed by atoms with Crippen LogP contribution in [0.5, 0.6) is 5.75 Å². The van der Waals surface area contributed by atoms with Crippen LogP contribution in [0.25, 0.3) is 0 Å². The summed E-state index contributed by atoms with van der Waals surface area (Å²) in [6.07, 6.45) is 3.96. The Hall–Kier alpha value is -1.79. The fourth-order valence-electron chi connectivity index (χ4n) is 4.32. The second-order valence-corrected chi connectivity index (χ2v) is 7.90. The third-order valence-corrected chi connectivity index (χ3v) is 6.15. The molecule has 2 heterocycles. The van der Waals surface area contributed by atoms with Gasteiger partial charge in [0.05, 0.1) is 18.3 Å². The van der Waals surface area contributed by atoms with E-state index < -0.39 is 5.54 Å². The van der Waals surface area contributed by atoms with Gasteiger partial charge in [0.15, 0.2) is 0 Å². The first-order valence-electron chi connectivity index (χ1n) is 9.81. The van der Waals surface area contributed by atoms with Crippen LogP contribution >= 0.6 is 0 Å². The molecule has 1 atom stereocenters. The summed E-state index contributed by atoms with van der Waals surface area (Å²) in [6.45, 7) is 5.75. The van der Waals surface area contributed by atoms with Crippen molar-refractivity contribution in [2.24, 2.45) is 5.73 Å². The predicted octanol–water partition coefficient (Wildman–Crippen LogP) is 1.30. The Morgan fingerprint density at radius 1 is 1.15 bits per heavy atom. The average Bonchev–Trinajstić information content (AvgIpc) is 3.46. The number of likely N-dealkylation sites (tertiary alicyclic amines) is 1. The maximum absolute atomic E-state index is 12.6. The smallest absolute Gasteiger partial charge is 0.242 e. The van der Waals surface area contributed by atoms with E-state index in [1.165, 1.54) is 12.1 Å². The Morgan fingerprint density at radius 3 is 2.58 bits per heavy atom.